The van der Waals surface area contributed by atoms with Crippen LogP contribution in [0.1, 0.15) is 23.2 Å². The van der Waals surface area contributed by atoms with Gasteiger partial charge in [-0.05, 0) is 37.1 Å². The first-order chi connectivity index (χ1) is 11.5. The first-order valence-corrected chi connectivity index (χ1v) is 9.50. The number of piperidine rings is 1. The van der Waals surface area contributed by atoms with Gasteiger partial charge in [0.1, 0.15) is 4.90 Å². The van der Waals surface area contributed by atoms with Crippen molar-refractivity contribution in [1.29, 1.82) is 0 Å². The summed E-state index contributed by atoms with van der Waals surface area (Å²) in [4.78, 5) is 16.7. The van der Waals surface area contributed by atoms with Crippen molar-refractivity contribution in [3.63, 3.8) is 0 Å². The molecule has 0 radical (unpaired) electrons. The second-order valence-electron chi connectivity index (χ2n) is 5.77. The maximum Gasteiger partial charge on any atom is 0.244 e. The Labute approximate surface area is 146 Å². The van der Waals surface area contributed by atoms with Crippen LogP contribution in [0.2, 0.25) is 5.02 Å². The number of nitrogens with zero attached hydrogens (tertiary/aromatic N) is 2. The van der Waals surface area contributed by atoms with Crippen molar-refractivity contribution >= 4 is 27.4 Å². The van der Waals surface area contributed by atoms with Crippen LogP contribution in [0.4, 0.5) is 0 Å². The van der Waals surface area contributed by atoms with Crippen LogP contribution in [0.15, 0.2) is 53.7 Å². The molecule has 3 rings (SSSR count). The number of halogens is 1. The normalized spacial score (nSPS) is 19.1. The topological polar surface area (TPSA) is 67.3 Å². The minimum atomic E-state index is -3.63. The molecule has 0 aliphatic carbocycles. The molecule has 0 unspecified atom stereocenters. The predicted octanol–water partition coefficient (Wildman–Crippen LogP) is 3.02. The molecule has 1 aromatic carbocycles. The van der Waals surface area contributed by atoms with E-state index in [-0.39, 0.29) is 23.1 Å². The van der Waals surface area contributed by atoms with Gasteiger partial charge in [0.15, 0.2) is 5.78 Å². The number of carbonyl (C=O) groups is 1. The second-order valence-corrected chi connectivity index (χ2v) is 8.14. The number of Topliss-reactive ketones (excluding diaryl/α,β-unsaturated/α-hetero) is 1. The van der Waals surface area contributed by atoms with Crippen LogP contribution in [-0.4, -0.2) is 36.6 Å². The van der Waals surface area contributed by atoms with Crippen LogP contribution in [0.5, 0.6) is 0 Å². The maximum absolute atomic E-state index is 12.7. The number of sulfonamides is 1. The zero-order chi connectivity index (χ0) is 17.2. The lowest BCUT2D eigenvalue weighted by atomic mass is 9.91. The van der Waals surface area contributed by atoms with Gasteiger partial charge in [0.25, 0.3) is 0 Å². The van der Waals surface area contributed by atoms with Crippen molar-refractivity contribution in [3.8, 4) is 0 Å². The van der Waals surface area contributed by atoms with Crippen molar-refractivity contribution in [2.45, 2.75) is 17.7 Å². The minimum Gasteiger partial charge on any atom is -0.294 e. The van der Waals surface area contributed by atoms with E-state index in [0.29, 0.717) is 30.0 Å². The number of ketones is 1. The fourth-order valence-corrected chi connectivity index (χ4v) is 4.58. The second kappa shape index (κ2) is 7.01. The molecule has 24 heavy (non-hydrogen) atoms. The van der Waals surface area contributed by atoms with E-state index in [9.17, 15) is 13.2 Å². The minimum absolute atomic E-state index is 0.0661. The summed E-state index contributed by atoms with van der Waals surface area (Å²) in [5.74, 6) is -0.424. The Hall–Kier alpha value is -1.76. The van der Waals surface area contributed by atoms with Gasteiger partial charge in [-0.15, -0.1) is 0 Å². The van der Waals surface area contributed by atoms with Crippen LogP contribution in [0.25, 0.3) is 0 Å². The summed E-state index contributed by atoms with van der Waals surface area (Å²) < 4.78 is 26.8. The molecule has 1 atom stereocenters. The van der Waals surface area contributed by atoms with Gasteiger partial charge >= 0.3 is 0 Å². The van der Waals surface area contributed by atoms with E-state index in [4.69, 9.17) is 11.6 Å². The molecule has 5 nitrogen and oxygen atoms in total. The Morgan fingerprint density at radius 3 is 2.79 bits per heavy atom. The molecule has 126 valence electrons. The number of hydrogen-bond acceptors (Lipinski definition) is 4. The molecule has 1 saturated heterocycles. The monoisotopic (exact) mass is 364 g/mol. The average Bonchev–Trinajstić information content (AvgIpc) is 2.62. The zero-order valence-corrected chi connectivity index (χ0v) is 14.5. The highest BCUT2D eigenvalue weighted by Crippen LogP contribution is 2.26. The van der Waals surface area contributed by atoms with Gasteiger partial charge in [0.05, 0.1) is 0 Å². The number of hydrogen-bond donors (Lipinski definition) is 0. The van der Waals surface area contributed by atoms with Crippen LogP contribution in [0, 0.1) is 5.92 Å². The van der Waals surface area contributed by atoms with E-state index in [2.05, 4.69) is 4.98 Å². The molecule has 7 heteroatoms. The van der Waals surface area contributed by atoms with E-state index in [1.807, 2.05) is 0 Å². The van der Waals surface area contributed by atoms with Crippen molar-refractivity contribution in [2.24, 2.45) is 5.92 Å². The van der Waals surface area contributed by atoms with Crippen molar-refractivity contribution in [2.75, 3.05) is 13.1 Å². The molecule has 0 spiro atoms. The zero-order valence-electron chi connectivity index (χ0n) is 12.9. The van der Waals surface area contributed by atoms with Gasteiger partial charge in [-0.1, -0.05) is 23.7 Å². The molecule has 0 amide bonds. The summed E-state index contributed by atoms with van der Waals surface area (Å²) >= 11 is 5.94. The van der Waals surface area contributed by atoms with Crippen molar-refractivity contribution < 1.29 is 13.2 Å². The van der Waals surface area contributed by atoms with Crippen LogP contribution in [0.3, 0.4) is 0 Å². The third-order valence-electron chi connectivity index (χ3n) is 4.14. The number of carbonyl (C=O) groups excluding carboxylic acids is 1. The number of aromatic nitrogens is 1. The fraction of sp³-hybridized carbons (Fsp3) is 0.294. The lowest BCUT2D eigenvalue weighted by Gasteiger charge is -2.31. The SMILES string of the molecule is O=C(c1cccc(Cl)c1)[C@H]1CCCN(S(=O)(=O)c2cccnc2)C1. The highest BCUT2D eigenvalue weighted by molar-refractivity contribution is 7.89. The summed E-state index contributed by atoms with van der Waals surface area (Å²) in [6, 6.07) is 9.87. The summed E-state index contributed by atoms with van der Waals surface area (Å²) in [6.07, 6.45) is 4.18. The van der Waals surface area contributed by atoms with E-state index >= 15 is 0 Å². The summed E-state index contributed by atoms with van der Waals surface area (Å²) in [6.45, 7) is 0.596. The van der Waals surface area contributed by atoms with E-state index in [0.717, 1.165) is 0 Å². The molecule has 1 fully saturated rings. The third kappa shape index (κ3) is 3.50. The van der Waals surface area contributed by atoms with E-state index in [1.165, 1.54) is 22.8 Å². The molecule has 0 saturated carbocycles. The average molecular weight is 365 g/mol. The van der Waals surface area contributed by atoms with Crippen LogP contribution in [-0.2, 0) is 10.0 Å². The van der Waals surface area contributed by atoms with Gasteiger partial charge in [-0.2, -0.15) is 4.31 Å². The maximum atomic E-state index is 12.7. The highest BCUT2D eigenvalue weighted by Gasteiger charge is 2.33. The quantitative estimate of drug-likeness (QED) is 0.782. The number of pyridine rings is 1. The van der Waals surface area contributed by atoms with E-state index < -0.39 is 10.0 Å². The lowest BCUT2D eigenvalue weighted by Crippen LogP contribution is -2.42. The predicted molar refractivity (Wildman–Crippen MR) is 91.5 cm³/mol. The Balaban J connectivity index is 1.81. The Morgan fingerprint density at radius 1 is 1.25 bits per heavy atom. The smallest absolute Gasteiger partial charge is 0.244 e. The molecule has 2 aromatic rings. The van der Waals surface area contributed by atoms with Gasteiger partial charge in [-0.25, -0.2) is 8.42 Å². The molecule has 1 aromatic heterocycles. The van der Waals surface area contributed by atoms with Crippen molar-refractivity contribution in [1.82, 2.24) is 9.29 Å². The van der Waals surface area contributed by atoms with Crippen molar-refractivity contribution in [3.05, 3.63) is 59.4 Å². The third-order valence-corrected chi connectivity index (χ3v) is 6.22. The van der Waals surface area contributed by atoms with Gasteiger partial charge in [0, 0.05) is 42.0 Å². The Kier molecular flexibility index (Phi) is 4.99. The van der Waals surface area contributed by atoms with Crippen LogP contribution < -0.4 is 0 Å². The van der Waals surface area contributed by atoms with Gasteiger partial charge in [-0.3, -0.25) is 9.78 Å². The molecule has 1 aliphatic rings. The molecular weight excluding hydrogens is 348 g/mol. The van der Waals surface area contributed by atoms with E-state index in [1.54, 1.807) is 30.3 Å². The van der Waals surface area contributed by atoms with Crippen LogP contribution >= 0.6 is 11.6 Å². The highest BCUT2D eigenvalue weighted by atomic mass is 35.5. The first-order valence-electron chi connectivity index (χ1n) is 7.68. The molecule has 0 bridgehead atoms. The molecular formula is C17H17ClN2O3S. The largest absolute Gasteiger partial charge is 0.294 e. The number of rotatable bonds is 4. The number of benzene rings is 1. The molecule has 2 heterocycles. The summed E-state index contributed by atoms with van der Waals surface area (Å²) in [5, 5.41) is 0.497. The lowest BCUT2D eigenvalue weighted by molar-refractivity contribution is 0.0872. The summed E-state index contributed by atoms with van der Waals surface area (Å²) in [5.41, 5.74) is 0.521. The van der Waals surface area contributed by atoms with Gasteiger partial charge < -0.3 is 0 Å². The standard InChI is InChI=1S/C17H17ClN2O3S/c18-15-6-1-4-13(10-15)17(21)14-5-3-9-20(12-14)24(22,23)16-7-2-8-19-11-16/h1-2,4,6-8,10-11,14H,3,5,9,12H2/t14-/m0/s1. The summed E-state index contributed by atoms with van der Waals surface area (Å²) in [7, 11) is -3.63. The molecule has 1 aliphatic heterocycles. The fourth-order valence-electron chi connectivity index (χ4n) is 2.90. The van der Waals surface area contributed by atoms with Gasteiger partial charge in [0.2, 0.25) is 10.0 Å². The molecule has 0 N–H and O–H groups in total. The Morgan fingerprint density at radius 2 is 2.08 bits per heavy atom. The first kappa shape index (κ1) is 17.1. The Bertz CT molecular complexity index is 840.